The van der Waals surface area contributed by atoms with Gasteiger partial charge in [-0.15, -0.1) is 11.3 Å². The van der Waals surface area contributed by atoms with Gasteiger partial charge >= 0.3 is 0 Å². The van der Waals surface area contributed by atoms with Gasteiger partial charge in [-0.25, -0.2) is 17.2 Å². The first kappa shape index (κ1) is 18.0. The van der Waals surface area contributed by atoms with Crippen LogP contribution in [0.25, 0.3) is 0 Å². The van der Waals surface area contributed by atoms with Gasteiger partial charge in [-0.1, -0.05) is 24.3 Å². The lowest BCUT2D eigenvalue weighted by Gasteiger charge is -2.12. The number of hydrogen-bond acceptors (Lipinski definition) is 4. The Kier molecular flexibility index (Phi) is 5.01. The molecule has 0 aliphatic heterocycles. The SMILES string of the molecule is O=C(Nc1c(F)cccc1F)c1ccccc1NS(=O)(=O)c1cccs1. The summed E-state index contributed by atoms with van der Waals surface area (Å²) in [5, 5.41) is 3.74. The van der Waals surface area contributed by atoms with Crippen LogP contribution in [0.3, 0.4) is 0 Å². The van der Waals surface area contributed by atoms with Gasteiger partial charge in [0.25, 0.3) is 15.9 Å². The Labute approximate surface area is 152 Å². The molecule has 2 N–H and O–H groups in total. The molecule has 1 aromatic heterocycles. The highest BCUT2D eigenvalue weighted by atomic mass is 32.2. The minimum atomic E-state index is -3.87. The Morgan fingerprint density at radius 3 is 2.27 bits per heavy atom. The Hall–Kier alpha value is -2.78. The number of rotatable bonds is 5. The molecule has 9 heteroatoms. The third-order valence-corrected chi connectivity index (χ3v) is 6.14. The van der Waals surface area contributed by atoms with E-state index in [9.17, 15) is 22.0 Å². The summed E-state index contributed by atoms with van der Waals surface area (Å²) in [6.07, 6.45) is 0. The molecule has 0 radical (unpaired) electrons. The second-order valence-corrected chi connectivity index (χ2v) is 7.99. The van der Waals surface area contributed by atoms with Crippen molar-refractivity contribution in [1.29, 1.82) is 0 Å². The molecule has 26 heavy (non-hydrogen) atoms. The predicted octanol–water partition coefficient (Wildman–Crippen LogP) is 4.08. The van der Waals surface area contributed by atoms with Crippen molar-refractivity contribution in [3.05, 3.63) is 77.2 Å². The van der Waals surface area contributed by atoms with Crippen molar-refractivity contribution in [2.24, 2.45) is 0 Å². The molecule has 0 saturated heterocycles. The summed E-state index contributed by atoms with van der Waals surface area (Å²) in [7, 11) is -3.87. The molecular formula is C17H12F2N2O3S2. The zero-order valence-corrected chi connectivity index (χ0v) is 14.7. The molecule has 0 aliphatic rings. The fraction of sp³-hybridized carbons (Fsp3) is 0. The second-order valence-electron chi connectivity index (χ2n) is 5.13. The highest BCUT2D eigenvalue weighted by molar-refractivity contribution is 7.94. The minimum absolute atomic E-state index is 0.00449. The van der Waals surface area contributed by atoms with Crippen molar-refractivity contribution in [3.8, 4) is 0 Å². The van der Waals surface area contributed by atoms with E-state index in [4.69, 9.17) is 0 Å². The normalized spacial score (nSPS) is 11.2. The molecule has 3 rings (SSSR count). The lowest BCUT2D eigenvalue weighted by molar-refractivity contribution is 0.102. The maximum absolute atomic E-state index is 13.7. The van der Waals surface area contributed by atoms with E-state index in [0.717, 1.165) is 23.5 Å². The van der Waals surface area contributed by atoms with Gasteiger partial charge in [-0.3, -0.25) is 9.52 Å². The summed E-state index contributed by atoms with van der Waals surface area (Å²) < 4.78 is 54.5. The van der Waals surface area contributed by atoms with Gasteiger partial charge in [0.2, 0.25) is 0 Å². The number of anilines is 2. The van der Waals surface area contributed by atoms with Gasteiger partial charge < -0.3 is 5.32 Å². The van der Waals surface area contributed by atoms with Crippen LogP contribution >= 0.6 is 11.3 Å². The van der Waals surface area contributed by atoms with Gasteiger partial charge in [-0.2, -0.15) is 0 Å². The molecule has 2 aromatic carbocycles. The number of sulfonamides is 1. The smallest absolute Gasteiger partial charge is 0.271 e. The summed E-state index contributed by atoms with van der Waals surface area (Å²) in [5.41, 5.74) is -0.682. The second kappa shape index (κ2) is 7.22. The topological polar surface area (TPSA) is 75.3 Å². The van der Waals surface area contributed by atoms with E-state index in [1.165, 1.54) is 36.4 Å². The number of halogens is 2. The van der Waals surface area contributed by atoms with Gasteiger partial charge in [0.15, 0.2) is 0 Å². The molecule has 134 valence electrons. The quantitative estimate of drug-likeness (QED) is 0.685. The van der Waals surface area contributed by atoms with Crippen molar-refractivity contribution < 1.29 is 22.0 Å². The first-order valence-electron chi connectivity index (χ1n) is 7.29. The van der Waals surface area contributed by atoms with Crippen LogP contribution in [0.1, 0.15) is 10.4 Å². The monoisotopic (exact) mass is 394 g/mol. The van der Waals surface area contributed by atoms with Crippen molar-refractivity contribution in [2.45, 2.75) is 4.21 Å². The standard InChI is InChI=1S/C17H12F2N2O3S2/c18-12-6-3-7-13(19)16(12)20-17(22)11-5-1-2-8-14(11)21-26(23,24)15-9-4-10-25-15/h1-10,21H,(H,20,22). The number of para-hydroxylation sites is 2. The van der Waals surface area contributed by atoms with E-state index in [0.29, 0.717) is 0 Å². The molecule has 5 nitrogen and oxygen atoms in total. The van der Waals surface area contributed by atoms with Gasteiger partial charge in [0.05, 0.1) is 11.3 Å². The van der Waals surface area contributed by atoms with Gasteiger partial charge in [0.1, 0.15) is 21.5 Å². The van der Waals surface area contributed by atoms with Crippen LogP contribution in [0.4, 0.5) is 20.2 Å². The van der Waals surface area contributed by atoms with Crippen LogP contribution in [0.15, 0.2) is 64.2 Å². The largest absolute Gasteiger partial charge is 0.317 e. The zero-order chi connectivity index (χ0) is 18.7. The Morgan fingerprint density at radius 2 is 1.62 bits per heavy atom. The molecule has 0 unspecified atom stereocenters. The highest BCUT2D eigenvalue weighted by Crippen LogP contribution is 2.25. The molecule has 0 atom stereocenters. The van der Waals surface area contributed by atoms with Crippen molar-refractivity contribution in [1.82, 2.24) is 0 Å². The van der Waals surface area contributed by atoms with E-state index in [2.05, 4.69) is 10.0 Å². The van der Waals surface area contributed by atoms with Crippen molar-refractivity contribution >= 4 is 38.6 Å². The average Bonchev–Trinajstić information content (AvgIpc) is 3.14. The Balaban J connectivity index is 1.91. The summed E-state index contributed by atoms with van der Waals surface area (Å²) in [4.78, 5) is 12.4. The Bertz CT molecular complexity index is 1030. The Morgan fingerprint density at radius 1 is 0.923 bits per heavy atom. The van der Waals surface area contributed by atoms with Crippen LogP contribution in [-0.2, 0) is 10.0 Å². The summed E-state index contributed by atoms with van der Waals surface area (Å²) in [6.45, 7) is 0. The number of hydrogen-bond donors (Lipinski definition) is 2. The highest BCUT2D eigenvalue weighted by Gasteiger charge is 2.20. The maximum atomic E-state index is 13.7. The predicted molar refractivity (Wildman–Crippen MR) is 95.9 cm³/mol. The molecule has 1 heterocycles. The summed E-state index contributed by atoms with van der Waals surface area (Å²) in [5.74, 6) is -2.72. The first-order valence-corrected chi connectivity index (χ1v) is 9.65. The van der Waals surface area contributed by atoms with Crippen LogP contribution < -0.4 is 10.0 Å². The van der Waals surface area contributed by atoms with Crippen LogP contribution in [-0.4, -0.2) is 14.3 Å². The number of carbonyl (C=O) groups is 1. The number of thiophene rings is 1. The third-order valence-electron chi connectivity index (χ3n) is 3.38. The molecule has 0 bridgehead atoms. The molecule has 0 aliphatic carbocycles. The summed E-state index contributed by atoms with van der Waals surface area (Å²) >= 11 is 1.02. The van der Waals surface area contributed by atoms with E-state index >= 15 is 0 Å². The van der Waals surface area contributed by atoms with Crippen LogP contribution in [0, 0.1) is 11.6 Å². The van der Waals surface area contributed by atoms with E-state index in [-0.39, 0.29) is 15.5 Å². The van der Waals surface area contributed by atoms with Crippen molar-refractivity contribution in [2.75, 3.05) is 10.0 Å². The van der Waals surface area contributed by atoms with Crippen LogP contribution in [0.2, 0.25) is 0 Å². The number of amides is 1. The molecule has 0 fully saturated rings. The van der Waals surface area contributed by atoms with Gasteiger partial charge in [-0.05, 0) is 35.7 Å². The zero-order valence-electron chi connectivity index (χ0n) is 13.1. The third kappa shape index (κ3) is 3.73. The van der Waals surface area contributed by atoms with Crippen LogP contribution in [0.5, 0.6) is 0 Å². The van der Waals surface area contributed by atoms with Gasteiger partial charge in [0, 0.05) is 0 Å². The molecule has 0 saturated carbocycles. The number of nitrogens with one attached hydrogen (secondary N) is 2. The number of carbonyl (C=O) groups excluding carboxylic acids is 1. The van der Waals surface area contributed by atoms with E-state index < -0.39 is 33.3 Å². The fourth-order valence-electron chi connectivity index (χ4n) is 2.18. The average molecular weight is 394 g/mol. The number of benzene rings is 2. The first-order chi connectivity index (χ1) is 12.4. The van der Waals surface area contributed by atoms with Crippen molar-refractivity contribution in [3.63, 3.8) is 0 Å². The lowest BCUT2D eigenvalue weighted by atomic mass is 10.1. The fourth-order valence-corrected chi connectivity index (χ4v) is 4.25. The summed E-state index contributed by atoms with van der Waals surface area (Å²) in [6, 6.07) is 12.0. The molecule has 1 amide bonds. The minimum Gasteiger partial charge on any atom is -0.317 e. The molecule has 3 aromatic rings. The molecular weight excluding hydrogens is 382 g/mol. The van der Waals surface area contributed by atoms with E-state index in [1.54, 1.807) is 11.4 Å². The van der Waals surface area contributed by atoms with E-state index in [1.807, 2.05) is 0 Å². The molecule has 0 spiro atoms. The lowest BCUT2D eigenvalue weighted by Crippen LogP contribution is -2.19. The maximum Gasteiger partial charge on any atom is 0.271 e.